The van der Waals surface area contributed by atoms with E-state index < -0.39 is 0 Å². The molecule has 18 heavy (non-hydrogen) atoms. The summed E-state index contributed by atoms with van der Waals surface area (Å²) in [5.74, 6) is 0. The van der Waals surface area contributed by atoms with Crippen LogP contribution in [0, 0.1) is 6.92 Å². The number of nitrogens with one attached hydrogen (secondary N) is 1. The van der Waals surface area contributed by atoms with Gasteiger partial charge in [-0.15, -0.1) is 11.3 Å². The van der Waals surface area contributed by atoms with Gasteiger partial charge >= 0.3 is 0 Å². The minimum absolute atomic E-state index is 0.729. The van der Waals surface area contributed by atoms with Crippen LogP contribution in [-0.2, 0) is 6.54 Å². The molecule has 1 heterocycles. The molecule has 0 radical (unpaired) electrons. The number of rotatable bonds is 4. The quantitative estimate of drug-likeness (QED) is 0.914. The Bertz CT molecular complexity index is 561. The summed E-state index contributed by atoms with van der Waals surface area (Å²) in [6.07, 6.45) is 2.63. The van der Waals surface area contributed by atoms with E-state index in [2.05, 4.69) is 28.7 Å². The summed E-state index contributed by atoms with van der Waals surface area (Å²) < 4.78 is 0. The average Bonchev–Trinajstić information content (AvgIpc) is 3.05. The molecular formula is C14H15ClN2S. The molecule has 0 aliphatic heterocycles. The molecule has 1 aliphatic carbocycles. The smallest absolute Gasteiger partial charge is 0.123 e. The Morgan fingerprint density at radius 2 is 2.28 bits per heavy atom. The first-order valence-corrected chi connectivity index (χ1v) is 7.42. The molecule has 1 fully saturated rings. The Morgan fingerprint density at radius 1 is 1.44 bits per heavy atom. The van der Waals surface area contributed by atoms with Gasteiger partial charge in [0.1, 0.15) is 5.01 Å². The van der Waals surface area contributed by atoms with Gasteiger partial charge in [0, 0.05) is 28.6 Å². The second-order valence-corrected chi connectivity index (χ2v) is 6.05. The number of aryl methyl sites for hydroxylation is 1. The highest BCUT2D eigenvalue weighted by Crippen LogP contribution is 2.29. The van der Waals surface area contributed by atoms with Gasteiger partial charge in [-0.2, -0.15) is 0 Å². The van der Waals surface area contributed by atoms with Crippen molar-refractivity contribution < 1.29 is 0 Å². The molecule has 0 atom stereocenters. The van der Waals surface area contributed by atoms with Crippen LogP contribution in [-0.4, -0.2) is 11.0 Å². The largest absolute Gasteiger partial charge is 0.308 e. The van der Waals surface area contributed by atoms with Gasteiger partial charge in [-0.1, -0.05) is 17.7 Å². The molecule has 0 unspecified atom stereocenters. The minimum Gasteiger partial charge on any atom is -0.308 e. The van der Waals surface area contributed by atoms with Crippen molar-refractivity contribution in [2.45, 2.75) is 32.4 Å². The molecule has 3 rings (SSSR count). The minimum atomic E-state index is 0.729. The summed E-state index contributed by atoms with van der Waals surface area (Å²) in [7, 11) is 0. The molecule has 2 nitrogen and oxygen atoms in total. The fourth-order valence-corrected chi connectivity index (χ4v) is 3.05. The van der Waals surface area contributed by atoms with Crippen molar-refractivity contribution in [3.8, 4) is 10.6 Å². The van der Waals surface area contributed by atoms with E-state index in [0.717, 1.165) is 28.3 Å². The van der Waals surface area contributed by atoms with Crippen molar-refractivity contribution in [3.63, 3.8) is 0 Å². The molecule has 0 spiro atoms. The van der Waals surface area contributed by atoms with Crippen molar-refractivity contribution in [1.82, 2.24) is 10.3 Å². The standard InChI is InChI=1S/C14H15ClN2S/c1-9-6-10(15)2-5-13(9)14-17-12(8-18-14)7-16-11-3-4-11/h2,5-6,8,11,16H,3-4,7H2,1H3. The average molecular weight is 279 g/mol. The summed E-state index contributed by atoms with van der Waals surface area (Å²) in [4.78, 5) is 4.68. The lowest BCUT2D eigenvalue weighted by molar-refractivity contribution is 0.678. The lowest BCUT2D eigenvalue weighted by Gasteiger charge is -2.02. The van der Waals surface area contributed by atoms with Crippen LogP contribution >= 0.6 is 22.9 Å². The van der Waals surface area contributed by atoms with Crippen molar-refractivity contribution in [2.24, 2.45) is 0 Å². The van der Waals surface area contributed by atoms with Crippen LogP contribution in [0.4, 0.5) is 0 Å². The number of aromatic nitrogens is 1. The summed E-state index contributed by atoms with van der Waals surface area (Å²) >= 11 is 7.67. The van der Waals surface area contributed by atoms with Crippen LogP contribution in [0.2, 0.25) is 5.02 Å². The lowest BCUT2D eigenvalue weighted by Crippen LogP contribution is -2.15. The van der Waals surface area contributed by atoms with Gasteiger partial charge in [0.05, 0.1) is 5.69 Å². The number of halogens is 1. The zero-order valence-electron chi connectivity index (χ0n) is 10.2. The first-order chi connectivity index (χ1) is 8.72. The van der Waals surface area contributed by atoms with Crippen LogP contribution in [0.3, 0.4) is 0 Å². The molecular weight excluding hydrogens is 264 g/mol. The van der Waals surface area contributed by atoms with E-state index in [4.69, 9.17) is 11.6 Å². The maximum absolute atomic E-state index is 5.97. The summed E-state index contributed by atoms with van der Waals surface area (Å²) in [5.41, 5.74) is 3.50. The Balaban J connectivity index is 1.78. The maximum Gasteiger partial charge on any atom is 0.123 e. The summed E-state index contributed by atoms with van der Waals surface area (Å²) in [5, 5.41) is 7.48. The first kappa shape index (κ1) is 12.2. The maximum atomic E-state index is 5.97. The van der Waals surface area contributed by atoms with Crippen molar-refractivity contribution >= 4 is 22.9 Å². The van der Waals surface area contributed by atoms with E-state index in [1.807, 2.05) is 12.1 Å². The van der Waals surface area contributed by atoms with Crippen molar-refractivity contribution in [3.05, 3.63) is 39.9 Å². The molecule has 1 aliphatic rings. The third-order valence-electron chi connectivity index (χ3n) is 3.12. The van der Waals surface area contributed by atoms with Crippen LogP contribution in [0.15, 0.2) is 23.6 Å². The Kier molecular flexibility index (Phi) is 3.37. The number of benzene rings is 1. The van der Waals surface area contributed by atoms with Gasteiger partial charge in [0.2, 0.25) is 0 Å². The summed E-state index contributed by atoms with van der Waals surface area (Å²) in [6.45, 7) is 2.96. The van der Waals surface area contributed by atoms with Crippen LogP contribution in [0.25, 0.3) is 10.6 Å². The van der Waals surface area contributed by atoms with Crippen LogP contribution in [0.5, 0.6) is 0 Å². The topological polar surface area (TPSA) is 24.9 Å². The highest BCUT2D eigenvalue weighted by molar-refractivity contribution is 7.13. The molecule has 0 bridgehead atoms. The molecule has 1 aromatic heterocycles. The Hall–Kier alpha value is -0.900. The number of hydrogen-bond donors (Lipinski definition) is 1. The zero-order valence-corrected chi connectivity index (χ0v) is 11.8. The molecule has 1 aromatic carbocycles. The SMILES string of the molecule is Cc1cc(Cl)ccc1-c1nc(CNC2CC2)cs1. The monoisotopic (exact) mass is 278 g/mol. The van der Waals surface area contributed by atoms with E-state index in [1.165, 1.54) is 24.0 Å². The van der Waals surface area contributed by atoms with Gasteiger partial charge in [-0.25, -0.2) is 4.98 Å². The fraction of sp³-hybridized carbons (Fsp3) is 0.357. The second kappa shape index (κ2) is 5.00. The Labute approximate surface area is 116 Å². The molecule has 0 saturated heterocycles. The highest BCUT2D eigenvalue weighted by atomic mass is 35.5. The molecule has 2 aromatic rings. The molecule has 1 saturated carbocycles. The van der Waals surface area contributed by atoms with Gasteiger partial charge < -0.3 is 5.32 Å². The zero-order chi connectivity index (χ0) is 12.5. The number of hydrogen-bond acceptors (Lipinski definition) is 3. The normalized spacial score (nSPS) is 15.0. The van der Waals surface area contributed by atoms with E-state index in [1.54, 1.807) is 11.3 Å². The highest BCUT2D eigenvalue weighted by Gasteiger charge is 2.20. The second-order valence-electron chi connectivity index (χ2n) is 4.76. The Morgan fingerprint density at radius 3 is 3.00 bits per heavy atom. The molecule has 1 N–H and O–H groups in total. The first-order valence-electron chi connectivity index (χ1n) is 6.17. The van der Waals surface area contributed by atoms with Gasteiger partial charge in [-0.05, 0) is 37.5 Å². The molecule has 94 valence electrons. The molecule has 4 heteroatoms. The predicted octanol–water partition coefficient (Wildman–Crippen LogP) is 4.02. The van der Waals surface area contributed by atoms with E-state index in [9.17, 15) is 0 Å². The fourth-order valence-electron chi connectivity index (χ4n) is 1.92. The molecule has 0 amide bonds. The van der Waals surface area contributed by atoms with E-state index in [0.29, 0.717) is 0 Å². The third kappa shape index (κ3) is 2.74. The van der Waals surface area contributed by atoms with Gasteiger partial charge in [0.25, 0.3) is 0 Å². The summed E-state index contributed by atoms with van der Waals surface area (Å²) in [6, 6.07) is 6.69. The lowest BCUT2D eigenvalue weighted by atomic mass is 10.1. The number of thiazole rings is 1. The van der Waals surface area contributed by atoms with Crippen LogP contribution < -0.4 is 5.32 Å². The van der Waals surface area contributed by atoms with Crippen LogP contribution in [0.1, 0.15) is 24.1 Å². The van der Waals surface area contributed by atoms with Gasteiger partial charge in [-0.3, -0.25) is 0 Å². The van der Waals surface area contributed by atoms with Crippen molar-refractivity contribution in [1.29, 1.82) is 0 Å². The van der Waals surface area contributed by atoms with E-state index in [-0.39, 0.29) is 0 Å². The predicted molar refractivity (Wildman–Crippen MR) is 77.2 cm³/mol. The number of nitrogens with zero attached hydrogens (tertiary/aromatic N) is 1. The van der Waals surface area contributed by atoms with Gasteiger partial charge in [0.15, 0.2) is 0 Å². The third-order valence-corrected chi connectivity index (χ3v) is 4.28. The van der Waals surface area contributed by atoms with Crippen molar-refractivity contribution in [2.75, 3.05) is 0 Å². The van der Waals surface area contributed by atoms with E-state index >= 15 is 0 Å².